The Morgan fingerprint density at radius 1 is 1.03 bits per heavy atom. The van der Waals surface area contributed by atoms with Crippen LogP contribution < -0.4 is 10.5 Å². The summed E-state index contributed by atoms with van der Waals surface area (Å²) in [7, 11) is 1.41. The number of hydrogen-bond acceptors (Lipinski definition) is 8. The number of aryl methyl sites for hydroxylation is 1. The first-order valence-electron chi connectivity index (χ1n) is 12.0. The molecular weight excluding hydrogens is 470 g/mol. The molecular formula is C27H27N7O3. The van der Waals surface area contributed by atoms with E-state index >= 15 is 0 Å². The molecule has 5 aromatic rings. The Balaban J connectivity index is 1.22. The first-order chi connectivity index (χ1) is 18.1. The van der Waals surface area contributed by atoms with E-state index in [1.807, 2.05) is 71.7 Å². The molecule has 10 heteroatoms. The number of ether oxygens (including phenoxy) is 2. The summed E-state index contributed by atoms with van der Waals surface area (Å²) in [5.74, 6) is 1.72. The fraction of sp³-hybridized carbons (Fsp3) is 0.222. The molecule has 37 heavy (non-hydrogen) atoms. The van der Waals surface area contributed by atoms with Crippen LogP contribution in [0.3, 0.4) is 0 Å². The van der Waals surface area contributed by atoms with Crippen LogP contribution in [0, 0.1) is 0 Å². The number of carbonyl (C=O) groups excluding carboxylic acids is 1. The third-order valence-corrected chi connectivity index (χ3v) is 5.92. The molecule has 0 unspecified atom stereocenters. The second-order valence-corrected chi connectivity index (χ2v) is 8.75. The van der Waals surface area contributed by atoms with Gasteiger partial charge in [0.1, 0.15) is 22.8 Å². The smallest absolute Gasteiger partial charge is 0.305 e. The van der Waals surface area contributed by atoms with Gasteiger partial charge in [-0.15, -0.1) is 5.10 Å². The van der Waals surface area contributed by atoms with E-state index in [-0.39, 0.29) is 5.97 Å². The fourth-order valence-corrected chi connectivity index (χ4v) is 4.19. The van der Waals surface area contributed by atoms with E-state index in [9.17, 15) is 4.79 Å². The number of carbonyl (C=O) groups is 1. The lowest BCUT2D eigenvalue weighted by Crippen LogP contribution is -2.01. The van der Waals surface area contributed by atoms with Gasteiger partial charge in [-0.2, -0.15) is 15.4 Å². The molecule has 3 heterocycles. The third kappa shape index (κ3) is 6.10. The summed E-state index contributed by atoms with van der Waals surface area (Å²) < 4.78 is 12.7. The van der Waals surface area contributed by atoms with Crippen molar-refractivity contribution in [3.05, 3.63) is 89.2 Å². The Morgan fingerprint density at radius 2 is 1.81 bits per heavy atom. The second-order valence-electron chi connectivity index (χ2n) is 8.75. The molecule has 0 aliphatic heterocycles. The maximum Gasteiger partial charge on any atom is 0.305 e. The molecule has 0 amide bonds. The number of benzene rings is 2. The van der Waals surface area contributed by atoms with Gasteiger partial charge in [0.15, 0.2) is 0 Å². The molecule has 0 saturated carbocycles. The predicted octanol–water partition coefficient (Wildman–Crippen LogP) is 4.06. The molecule has 0 aliphatic rings. The zero-order chi connectivity index (χ0) is 25.6. The van der Waals surface area contributed by atoms with Crippen LogP contribution in [-0.4, -0.2) is 43.3 Å². The van der Waals surface area contributed by atoms with Crippen molar-refractivity contribution in [1.82, 2.24) is 30.2 Å². The molecule has 0 radical (unpaired) electrons. The van der Waals surface area contributed by atoms with E-state index in [0.29, 0.717) is 36.4 Å². The highest BCUT2D eigenvalue weighted by molar-refractivity contribution is 5.76. The van der Waals surface area contributed by atoms with Crippen LogP contribution in [0.1, 0.15) is 35.1 Å². The van der Waals surface area contributed by atoms with Gasteiger partial charge in [0.05, 0.1) is 19.9 Å². The summed E-state index contributed by atoms with van der Waals surface area (Å²) in [6.45, 7) is 0.600. The average molecular weight is 498 g/mol. The number of H-pyrrole nitrogens is 1. The van der Waals surface area contributed by atoms with Crippen LogP contribution in [-0.2, 0) is 28.9 Å². The van der Waals surface area contributed by atoms with Crippen LogP contribution in [0.15, 0.2) is 67.0 Å². The first-order valence-corrected chi connectivity index (χ1v) is 12.0. The summed E-state index contributed by atoms with van der Waals surface area (Å²) in [5, 5.41) is 15.3. The van der Waals surface area contributed by atoms with Gasteiger partial charge < -0.3 is 15.2 Å². The number of aromatic nitrogens is 6. The highest BCUT2D eigenvalue weighted by atomic mass is 16.5. The van der Waals surface area contributed by atoms with Gasteiger partial charge in [-0.3, -0.25) is 9.48 Å². The topological polar surface area (TPSA) is 134 Å². The zero-order valence-corrected chi connectivity index (χ0v) is 20.4. The SMILES string of the molecule is COC(=O)CCCc1cccc(Oc2cccc(Cn3cc(Cc4cc(N)nc5n[nH]nc45)cn3)c2)c1. The number of esters is 1. The predicted molar refractivity (Wildman–Crippen MR) is 138 cm³/mol. The molecule has 2 aromatic carbocycles. The van der Waals surface area contributed by atoms with Crippen LogP contribution in [0.4, 0.5) is 5.82 Å². The Hall–Kier alpha value is -4.73. The maximum atomic E-state index is 11.3. The lowest BCUT2D eigenvalue weighted by atomic mass is 10.1. The van der Waals surface area contributed by atoms with Gasteiger partial charge in [0.2, 0.25) is 5.65 Å². The van der Waals surface area contributed by atoms with Crippen molar-refractivity contribution in [3.8, 4) is 11.5 Å². The monoisotopic (exact) mass is 497 g/mol. The standard InChI is InChI=1S/C27H27N7O3/c1-36-25(35)10-4-6-18-5-2-8-22(12-18)37-23-9-3-7-19(13-23)16-34-17-20(15-29-34)11-21-14-24(28)30-27-26(21)31-33-32-27/h2-3,5,7-9,12-15,17H,4,6,10-11,16H2,1H3,(H3,28,30,31,32,33). The number of fused-ring (bicyclic) bond motifs is 1. The van der Waals surface area contributed by atoms with Gasteiger partial charge in [0, 0.05) is 19.0 Å². The molecule has 188 valence electrons. The van der Waals surface area contributed by atoms with Gasteiger partial charge in [-0.05, 0) is 65.4 Å². The van der Waals surface area contributed by atoms with E-state index in [0.717, 1.165) is 46.6 Å². The van der Waals surface area contributed by atoms with Crippen molar-refractivity contribution in [1.29, 1.82) is 0 Å². The number of nitrogens with zero attached hydrogens (tertiary/aromatic N) is 5. The lowest BCUT2D eigenvalue weighted by molar-refractivity contribution is -0.140. The Bertz CT molecular complexity index is 1530. The summed E-state index contributed by atoms with van der Waals surface area (Å²) in [5.41, 5.74) is 11.3. The number of hydrogen-bond donors (Lipinski definition) is 2. The number of aromatic amines is 1. The fourth-order valence-electron chi connectivity index (χ4n) is 4.19. The Labute approximate surface area is 213 Å². The number of methoxy groups -OCH3 is 1. The van der Waals surface area contributed by atoms with Crippen molar-refractivity contribution in [2.24, 2.45) is 0 Å². The largest absolute Gasteiger partial charge is 0.469 e. The van der Waals surface area contributed by atoms with E-state index in [1.165, 1.54) is 7.11 Å². The average Bonchev–Trinajstić information content (AvgIpc) is 3.54. The normalized spacial score (nSPS) is 11.1. The minimum atomic E-state index is -0.192. The molecule has 0 saturated heterocycles. The zero-order valence-electron chi connectivity index (χ0n) is 20.4. The van der Waals surface area contributed by atoms with Gasteiger partial charge in [-0.25, -0.2) is 4.98 Å². The quantitative estimate of drug-likeness (QED) is 0.276. The number of nitrogens with two attached hydrogens (primary N) is 1. The molecule has 0 aliphatic carbocycles. The van der Waals surface area contributed by atoms with Crippen LogP contribution >= 0.6 is 0 Å². The van der Waals surface area contributed by atoms with E-state index in [4.69, 9.17) is 15.2 Å². The van der Waals surface area contributed by atoms with Crippen molar-refractivity contribution < 1.29 is 14.3 Å². The summed E-state index contributed by atoms with van der Waals surface area (Å²) >= 11 is 0. The Morgan fingerprint density at radius 3 is 2.62 bits per heavy atom. The number of pyridine rings is 1. The molecule has 0 fully saturated rings. The summed E-state index contributed by atoms with van der Waals surface area (Å²) in [4.78, 5) is 15.5. The highest BCUT2D eigenvalue weighted by Crippen LogP contribution is 2.24. The van der Waals surface area contributed by atoms with Gasteiger partial charge >= 0.3 is 5.97 Å². The van der Waals surface area contributed by atoms with Gasteiger partial charge in [-0.1, -0.05) is 24.3 Å². The maximum absolute atomic E-state index is 11.3. The lowest BCUT2D eigenvalue weighted by Gasteiger charge is -2.09. The van der Waals surface area contributed by atoms with E-state index in [2.05, 4.69) is 25.5 Å². The van der Waals surface area contributed by atoms with Crippen molar-refractivity contribution in [2.45, 2.75) is 32.2 Å². The molecule has 0 spiro atoms. The van der Waals surface area contributed by atoms with Crippen LogP contribution in [0.25, 0.3) is 11.2 Å². The number of anilines is 1. The van der Waals surface area contributed by atoms with Gasteiger partial charge in [0.25, 0.3) is 0 Å². The molecule has 3 N–H and O–H groups in total. The first kappa shape index (κ1) is 24.0. The number of nitrogen functional groups attached to an aromatic ring is 1. The Kier molecular flexibility index (Phi) is 7.07. The number of rotatable bonds is 10. The summed E-state index contributed by atoms with van der Waals surface area (Å²) in [6, 6.07) is 17.7. The third-order valence-electron chi connectivity index (χ3n) is 5.92. The van der Waals surface area contributed by atoms with Crippen molar-refractivity contribution in [2.75, 3.05) is 12.8 Å². The molecule has 0 bridgehead atoms. The van der Waals surface area contributed by atoms with Crippen molar-refractivity contribution in [3.63, 3.8) is 0 Å². The second kappa shape index (κ2) is 10.9. The number of nitrogens with one attached hydrogen (secondary N) is 1. The highest BCUT2D eigenvalue weighted by Gasteiger charge is 2.11. The van der Waals surface area contributed by atoms with Crippen LogP contribution in [0.5, 0.6) is 11.5 Å². The summed E-state index contributed by atoms with van der Waals surface area (Å²) in [6.07, 6.45) is 6.38. The van der Waals surface area contributed by atoms with Crippen LogP contribution in [0.2, 0.25) is 0 Å². The van der Waals surface area contributed by atoms with E-state index < -0.39 is 0 Å². The minimum Gasteiger partial charge on any atom is -0.469 e. The van der Waals surface area contributed by atoms with Crippen molar-refractivity contribution >= 4 is 23.0 Å². The minimum absolute atomic E-state index is 0.192. The van der Waals surface area contributed by atoms with E-state index in [1.54, 1.807) is 0 Å². The molecule has 5 rings (SSSR count). The molecule has 0 atom stereocenters. The molecule has 3 aromatic heterocycles. The molecule has 10 nitrogen and oxygen atoms in total.